The van der Waals surface area contributed by atoms with Crippen molar-refractivity contribution in [3.63, 3.8) is 0 Å². The van der Waals surface area contributed by atoms with Crippen molar-refractivity contribution < 1.29 is 29.0 Å². The summed E-state index contributed by atoms with van der Waals surface area (Å²) in [6.07, 6.45) is 3.89. The van der Waals surface area contributed by atoms with Gasteiger partial charge < -0.3 is 24.4 Å². The van der Waals surface area contributed by atoms with E-state index in [1.54, 1.807) is 21.7 Å². The van der Waals surface area contributed by atoms with Crippen LogP contribution >= 0.6 is 15.9 Å². The van der Waals surface area contributed by atoms with Gasteiger partial charge in [0.2, 0.25) is 11.8 Å². The predicted octanol–water partition coefficient (Wildman–Crippen LogP) is 2.04. The first kappa shape index (κ1) is 28.4. The summed E-state index contributed by atoms with van der Waals surface area (Å²) in [6.45, 7) is 9.38. The molecule has 2 amide bonds. The minimum absolute atomic E-state index is 0.0642. The number of likely N-dealkylation sites (tertiary alicyclic amines) is 1. The van der Waals surface area contributed by atoms with Crippen molar-refractivity contribution in [3.8, 4) is 0 Å². The van der Waals surface area contributed by atoms with Crippen molar-refractivity contribution >= 4 is 44.7 Å². The topological polar surface area (TPSA) is 127 Å². The third-order valence-electron chi connectivity index (χ3n) is 8.26. The van der Waals surface area contributed by atoms with Gasteiger partial charge in [0, 0.05) is 11.4 Å². The second-order valence-electron chi connectivity index (χ2n) is 10.5. The zero-order chi connectivity index (χ0) is 28.6. The number of carbonyl (C=O) groups is 3. The van der Waals surface area contributed by atoms with Crippen LogP contribution in [0.3, 0.4) is 0 Å². The Hall–Kier alpha value is -3.09. The zero-order valence-electron chi connectivity index (χ0n) is 22.4. The molecule has 3 unspecified atom stereocenters. The molecule has 0 radical (unpaired) electrons. The highest BCUT2D eigenvalue weighted by Gasteiger charge is 2.77. The highest BCUT2D eigenvalue weighted by atomic mass is 79.9. The maximum absolute atomic E-state index is 14.5. The fourth-order valence-corrected chi connectivity index (χ4v) is 7.43. The minimum atomic E-state index is -1.26. The molecule has 3 aliphatic heterocycles. The molecule has 3 aliphatic rings. The van der Waals surface area contributed by atoms with E-state index >= 15 is 0 Å². The van der Waals surface area contributed by atoms with E-state index in [4.69, 9.17) is 9.47 Å². The van der Waals surface area contributed by atoms with Crippen LogP contribution in [-0.2, 0) is 30.5 Å². The van der Waals surface area contributed by atoms with E-state index in [2.05, 4.69) is 39.4 Å². The predicted molar refractivity (Wildman–Crippen MR) is 149 cm³/mol. The summed E-state index contributed by atoms with van der Waals surface area (Å²) in [5, 5.41) is 18.7. The monoisotopic (exact) mass is 615 g/mol. The summed E-state index contributed by atoms with van der Waals surface area (Å²) in [6, 6.07) is 5.73. The molecule has 4 heterocycles. The fourth-order valence-electron chi connectivity index (χ4n) is 6.49. The molecule has 214 valence electrons. The normalized spacial score (nSPS) is 29.4. The first-order valence-corrected chi connectivity index (χ1v) is 14.4. The summed E-state index contributed by atoms with van der Waals surface area (Å²) in [5.74, 6) is -3.06. The SMILES string of the molecule is C=CCCOC(=O)[C@H]1[C@@H]2OC3(CC2Br)C(C(=O)N(CC=C)Cn2nnc4ccccc42)N([C@@H](CC)CO)C(=O)[C@H]13. The standard InChI is InChI=1S/C28H34BrN5O6/c1-4-7-13-39-27(38)21-22-25(36)34(17(6-3)15-35)24(28(22)14-18(29)23(21)40-28)26(37)32(12-5-2)16-33-20-11-9-8-10-19(20)30-31-33/h4-5,8-11,17-18,21-24,35H,1-2,6-7,12-16H2,3H3/t17-,18?,21+,22-,23+,24?,28?/m0/s1. The number of hydrogen-bond acceptors (Lipinski definition) is 8. The third kappa shape index (κ3) is 4.46. The lowest BCUT2D eigenvalue weighted by atomic mass is 9.70. The molecule has 1 aromatic heterocycles. The number of amides is 2. The minimum Gasteiger partial charge on any atom is -0.465 e. The Morgan fingerprint density at radius 3 is 2.83 bits per heavy atom. The first-order valence-electron chi connectivity index (χ1n) is 13.5. The number of aliphatic hydroxyl groups is 1. The molecule has 0 saturated carbocycles. The summed E-state index contributed by atoms with van der Waals surface area (Å²) in [7, 11) is 0. The number of alkyl halides is 1. The van der Waals surface area contributed by atoms with Crippen molar-refractivity contribution in [1.29, 1.82) is 0 Å². The van der Waals surface area contributed by atoms with E-state index in [1.807, 2.05) is 31.2 Å². The van der Waals surface area contributed by atoms with Crippen LogP contribution in [0.2, 0.25) is 0 Å². The molecule has 5 rings (SSSR count). The summed E-state index contributed by atoms with van der Waals surface area (Å²) in [5.41, 5.74) is 0.179. The van der Waals surface area contributed by atoms with E-state index in [0.29, 0.717) is 24.8 Å². The Balaban J connectivity index is 1.54. The Morgan fingerprint density at radius 1 is 1.35 bits per heavy atom. The number of nitrogens with zero attached hydrogens (tertiary/aromatic N) is 5. The van der Waals surface area contributed by atoms with Gasteiger partial charge in [0.05, 0.1) is 42.7 Å². The van der Waals surface area contributed by atoms with Gasteiger partial charge in [0.15, 0.2) is 0 Å². The second kappa shape index (κ2) is 11.4. The highest BCUT2D eigenvalue weighted by Crippen LogP contribution is 2.60. The molecule has 3 fully saturated rings. The zero-order valence-corrected chi connectivity index (χ0v) is 24.0. The van der Waals surface area contributed by atoms with Crippen LogP contribution in [0, 0.1) is 11.8 Å². The number of hydrogen-bond donors (Lipinski definition) is 1. The van der Waals surface area contributed by atoms with Crippen LogP contribution in [0.15, 0.2) is 49.6 Å². The number of halogens is 1. The van der Waals surface area contributed by atoms with Gasteiger partial charge in [-0.25, -0.2) is 4.68 Å². The molecule has 1 aromatic carbocycles. The van der Waals surface area contributed by atoms with Crippen molar-refractivity contribution in [2.24, 2.45) is 11.8 Å². The molecule has 11 nitrogen and oxygen atoms in total. The maximum Gasteiger partial charge on any atom is 0.312 e. The fraction of sp³-hybridized carbons (Fsp3) is 0.536. The number of fused-ring (bicyclic) bond motifs is 2. The van der Waals surface area contributed by atoms with Crippen LogP contribution < -0.4 is 0 Å². The van der Waals surface area contributed by atoms with Crippen molar-refractivity contribution in [2.45, 2.75) is 61.5 Å². The van der Waals surface area contributed by atoms with E-state index in [1.165, 1.54) is 4.90 Å². The van der Waals surface area contributed by atoms with Gasteiger partial charge >= 0.3 is 5.97 Å². The molecule has 2 bridgehead atoms. The lowest BCUT2D eigenvalue weighted by Crippen LogP contribution is -2.59. The van der Waals surface area contributed by atoms with Gasteiger partial charge in [-0.1, -0.05) is 52.4 Å². The maximum atomic E-state index is 14.5. The number of aromatic nitrogens is 3. The Bertz CT molecular complexity index is 1310. The largest absolute Gasteiger partial charge is 0.465 e. The summed E-state index contributed by atoms with van der Waals surface area (Å²) < 4.78 is 13.6. The average molecular weight is 617 g/mol. The van der Waals surface area contributed by atoms with Crippen molar-refractivity contribution in [2.75, 3.05) is 19.8 Å². The smallest absolute Gasteiger partial charge is 0.312 e. The van der Waals surface area contributed by atoms with E-state index in [-0.39, 0.29) is 43.1 Å². The number of benzene rings is 1. The van der Waals surface area contributed by atoms with Gasteiger partial charge in [0.1, 0.15) is 23.8 Å². The number of esters is 1. The van der Waals surface area contributed by atoms with Crippen LogP contribution in [-0.4, -0.2) is 96.1 Å². The van der Waals surface area contributed by atoms with Crippen molar-refractivity contribution in [3.05, 3.63) is 49.6 Å². The van der Waals surface area contributed by atoms with Gasteiger partial charge in [-0.15, -0.1) is 18.3 Å². The molecular weight excluding hydrogens is 582 g/mol. The average Bonchev–Trinajstić information content (AvgIpc) is 3.67. The number of para-hydroxylation sites is 1. The molecule has 1 spiro atoms. The molecule has 1 N–H and O–H groups in total. The number of rotatable bonds is 12. The van der Waals surface area contributed by atoms with Gasteiger partial charge in [-0.3, -0.25) is 14.4 Å². The van der Waals surface area contributed by atoms with Gasteiger partial charge in [-0.05, 0) is 31.4 Å². The molecule has 0 aliphatic carbocycles. The summed E-state index contributed by atoms with van der Waals surface area (Å²) in [4.78, 5) is 44.7. The molecular formula is C28H34BrN5O6. The van der Waals surface area contributed by atoms with Crippen LogP contribution in [0.1, 0.15) is 26.2 Å². The summed E-state index contributed by atoms with van der Waals surface area (Å²) >= 11 is 3.66. The Morgan fingerprint density at radius 2 is 2.12 bits per heavy atom. The molecule has 40 heavy (non-hydrogen) atoms. The molecule has 3 saturated heterocycles. The van der Waals surface area contributed by atoms with Gasteiger partial charge in [0.25, 0.3) is 0 Å². The third-order valence-corrected chi connectivity index (χ3v) is 9.11. The lowest BCUT2D eigenvalue weighted by Gasteiger charge is -2.39. The molecule has 12 heteroatoms. The Labute approximate surface area is 240 Å². The van der Waals surface area contributed by atoms with Crippen LogP contribution in [0.5, 0.6) is 0 Å². The van der Waals surface area contributed by atoms with E-state index in [0.717, 1.165) is 5.52 Å². The van der Waals surface area contributed by atoms with Crippen LogP contribution in [0.25, 0.3) is 11.0 Å². The van der Waals surface area contributed by atoms with E-state index in [9.17, 15) is 19.5 Å². The van der Waals surface area contributed by atoms with E-state index < -0.39 is 41.6 Å². The van der Waals surface area contributed by atoms with Crippen LogP contribution in [0.4, 0.5) is 0 Å². The number of carbonyl (C=O) groups excluding carboxylic acids is 3. The molecule has 2 aromatic rings. The second-order valence-corrected chi connectivity index (χ2v) is 11.6. The first-order chi connectivity index (χ1) is 19.3. The Kier molecular flexibility index (Phi) is 8.12. The van der Waals surface area contributed by atoms with Gasteiger partial charge in [-0.2, -0.15) is 0 Å². The highest BCUT2D eigenvalue weighted by molar-refractivity contribution is 9.09. The quantitative estimate of drug-likeness (QED) is 0.166. The lowest BCUT2D eigenvalue weighted by molar-refractivity contribution is -0.156. The number of ether oxygens (including phenoxy) is 2. The number of aliphatic hydroxyl groups excluding tert-OH is 1. The molecule has 7 atom stereocenters. The van der Waals surface area contributed by atoms with Crippen molar-refractivity contribution in [1.82, 2.24) is 24.8 Å².